The van der Waals surface area contributed by atoms with Gasteiger partial charge in [0.1, 0.15) is 5.15 Å². The Labute approximate surface area is 96.0 Å². The Morgan fingerprint density at radius 1 is 1.50 bits per heavy atom. The largest absolute Gasteiger partial charge is 0.476 e. The number of methoxy groups -OCH3 is 1. The van der Waals surface area contributed by atoms with E-state index in [0.29, 0.717) is 0 Å². The van der Waals surface area contributed by atoms with Crippen LogP contribution in [0.3, 0.4) is 0 Å². The third kappa shape index (κ3) is 2.97. The highest BCUT2D eigenvalue weighted by molar-refractivity contribution is 6.29. The average molecular weight is 240 g/mol. The van der Waals surface area contributed by atoms with Crippen LogP contribution >= 0.6 is 11.6 Å². The minimum Gasteiger partial charge on any atom is -0.476 e. The minimum atomic E-state index is -1.27. The molecular weight excluding hydrogens is 234 g/mol. The summed E-state index contributed by atoms with van der Waals surface area (Å²) in [5, 5.41) is 8.85. The summed E-state index contributed by atoms with van der Waals surface area (Å²) in [6.07, 6.45) is 0. The first-order valence-corrected chi connectivity index (χ1v) is 4.42. The molecule has 0 amide bonds. The van der Waals surface area contributed by atoms with E-state index in [1.54, 1.807) is 0 Å². The van der Waals surface area contributed by atoms with E-state index in [1.165, 1.54) is 19.2 Å². The number of rotatable bonds is 1. The Morgan fingerprint density at radius 3 is 2.75 bits per heavy atom. The normalized spacial score (nSPS) is 8.88. The summed E-state index contributed by atoms with van der Waals surface area (Å²) in [7, 11) is 1.18. The van der Waals surface area contributed by atoms with Crippen LogP contribution in [0.15, 0.2) is 12.1 Å². The van der Waals surface area contributed by atoms with E-state index in [-0.39, 0.29) is 16.4 Å². The quantitative estimate of drug-likeness (QED) is 0.449. The second-order valence-electron chi connectivity index (χ2n) is 2.58. The number of halogens is 1. The highest BCUT2D eigenvalue weighted by Crippen LogP contribution is 2.10. The molecule has 0 aromatic carbocycles. The van der Waals surface area contributed by atoms with Crippen molar-refractivity contribution in [2.75, 3.05) is 7.11 Å². The van der Waals surface area contributed by atoms with Crippen molar-refractivity contribution in [3.8, 4) is 11.8 Å². The summed E-state index contributed by atoms with van der Waals surface area (Å²) in [5.74, 6) is 2.43. The summed E-state index contributed by atoms with van der Waals surface area (Å²) >= 11 is 5.54. The number of nitrogens with zero attached hydrogens (tertiary/aromatic N) is 1. The Morgan fingerprint density at radius 2 is 2.19 bits per heavy atom. The molecule has 1 aromatic rings. The van der Waals surface area contributed by atoms with Crippen molar-refractivity contribution < 1.29 is 19.4 Å². The fourth-order valence-electron chi connectivity index (χ4n) is 0.869. The Bertz CT molecular complexity index is 501. The number of aromatic carboxylic acids is 1. The van der Waals surface area contributed by atoms with Gasteiger partial charge in [-0.05, 0) is 12.1 Å². The van der Waals surface area contributed by atoms with E-state index in [1.807, 2.05) is 0 Å². The Hall–Kier alpha value is -2.06. The van der Waals surface area contributed by atoms with Crippen LogP contribution in [0.1, 0.15) is 16.1 Å². The van der Waals surface area contributed by atoms with Crippen molar-refractivity contribution >= 4 is 23.5 Å². The van der Waals surface area contributed by atoms with Gasteiger partial charge in [-0.15, -0.1) is 0 Å². The van der Waals surface area contributed by atoms with E-state index in [9.17, 15) is 9.59 Å². The van der Waals surface area contributed by atoms with Crippen molar-refractivity contribution in [1.82, 2.24) is 4.98 Å². The van der Waals surface area contributed by atoms with Crippen LogP contribution < -0.4 is 0 Å². The summed E-state index contributed by atoms with van der Waals surface area (Å²) in [4.78, 5) is 25.1. The van der Waals surface area contributed by atoms with Gasteiger partial charge in [0.15, 0.2) is 5.69 Å². The molecule has 0 unspecified atom stereocenters. The van der Waals surface area contributed by atoms with Crippen LogP contribution in [0.2, 0.25) is 5.15 Å². The molecule has 82 valence electrons. The maximum absolute atomic E-state index is 10.8. The molecular formula is C10H6ClNO4. The molecule has 6 heteroatoms. The predicted molar refractivity (Wildman–Crippen MR) is 55.1 cm³/mol. The maximum Gasteiger partial charge on any atom is 0.384 e. The van der Waals surface area contributed by atoms with Gasteiger partial charge < -0.3 is 9.84 Å². The molecule has 0 saturated heterocycles. The summed E-state index contributed by atoms with van der Waals surface area (Å²) in [5.41, 5.74) is -0.203. The van der Waals surface area contributed by atoms with Crippen molar-refractivity contribution in [3.05, 3.63) is 28.5 Å². The van der Waals surface area contributed by atoms with E-state index in [0.717, 1.165) is 0 Å². The van der Waals surface area contributed by atoms with Gasteiger partial charge in [-0.25, -0.2) is 14.6 Å². The van der Waals surface area contributed by atoms with Gasteiger partial charge in [-0.2, -0.15) is 0 Å². The molecule has 5 nitrogen and oxygen atoms in total. The van der Waals surface area contributed by atoms with Crippen LogP contribution in [0.4, 0.5) is 0 Å². The summed E-state index contributed by atoms with van der Waals surface area (Å²) in [6.45, 7) is 0. The lowest BCUT2D eigenvalue weighted by atomic mass is 10.2. The minimum absolute atomic E-state index is 0.0426. The standard InChI is InChI=1S/C10H6ClNO4/c1-16-8(13)5-3-6-2-4-7(11)12-9(6)10(14)15/h2,4H,1H3,(H,14,15). The number of carbonyl (C=O) groups is 2. The van der Waals surface area contributed by atoms with E-state index < -0.39 is 11.9 Å². The van der Waals surface area contributed by atoms with Crippen molar-refractivity contribution in [3.63, 3.8) is 0 Å². The van der Waals surface area contributed by atoms with Crippen LogP contribution in [-0.4, -0.2) is 29.1 Å². The molecule has 1 N–H and O–H groups in total. The topological polar surface area (TPSA) is 76.5 Å². The van der Waals surface area contributed by atoms with Crippen molar-refractivity contribution in [2.45, 2.75) is 0 Å². The molecule has 0 spiro atoms. The summed E-state index contributed by atoms with van der Waals surface area (Å²) < 4.78 is 4.29. The van der Waals surface area contributed by atoms with E-state index in [4.69, 9.17) is 16.7 Å². The molecule has 0 radical (unpaired) electrons. The number of carboxylic acid groups (broad SMARTS) is 1. The van der Waals surface area contributed by atoms with Gasteiger partial charge in [0.2, 0.25) is 0 Å². The molecule has 0 aliphatic rings. The first kappa shape index (κ1) is 12.0. The van der Waals surface area contributed by atoms with Crippen LogP contribution in [0, 0.1) is 11.8 Å². The van der Waals surface area contributed by atoms with Gasteiger partial charge in [0.25, 0.3) is 0 Å². The maximum atomic E-state index is 10.8. The van der Waals surface area contributed by atoms with Crippen LogP contribution in [0.5, 0.6) is 0 Å². The molecule has 0 saturated carbocycles. The number of carbonyl (C=O) groups excluding carboxylic acids is 1. The number of hydrogen-bond donors (Lipinski definition) is 1. The Balaban J connectivity index is 3.17. The monoisotopic (exact) mass is 239 g/mol. The van der Waals surface area contributed by atoms with E-state index in [2.05, 4.69) is 21.6 Å². The van der Waals surface area contributed by atoms with Gasteiger partial charge in [-0.3, -0.25) is 0 Å². The van der Waals surface area contributed by atoms with Gasteiger partial charge in [-0.1, -0.05) is 17.5 Å². The molecule has 0 aliphatic carbocycles. The van der Waals surface area contributed by atoms with Crippen molar-refractivity contribution in [2.24, 2.45) is 0 Å². The second kappa shape index (κ2) is 5.14. The number of pyridine rings is 1. The lowest BCUT2D eigenvalue weighted by Crippen LogP contribution is -2.04. The molecule has 0 fully saturated rings. The van der Waals surface area contributed by atoms with Gasteiger partial charge >= 0.3 is 11.9 Å². The fourth-order valence-corrected chi connectivity index (χ4v) is 1.02. The first-order chi connectivity index (χ1) is 7.54. The highest BCUT2D eigenvalue weighted by atomic mass is 35.5. The lowest BCUT2D eigenvalue weighted by Gasteiger charge is -1.97. The smallest absolute Gasteiger partial charge is 0.384 e. The number of aromatic nitrogens is 1. The number of carboxylic acids is 1. The zero-order chi connectivity index (χ0) is 12.1. The fraction of sp³-hybridized carbons (Fsp3) is 0.100. The number of esters is 1. The summed E-state index contributed by atoms with van der Waals surface area (Å²) in [6, 6.07) is 2.75. The third-order valence-electron chi connectivity index (χ3n) is 1.55. The first-order valence-electron chi connectivity index (χ1n) is 4.04. The number of hydrogen-bond acceptors (Lipinski definition) is 4. The molecule has 1 aromatic heterocycles. The SMILES string of the molecule is COC(=O)C#Cc1ccc(Cl)nc1C(=O)O. The molecule has 1 heterocycles. The van der Waals surface area contributed by atoms with Crippen LogP contribution in [-0.2, 0) is 9.53 Å². The third-order valence-corrected chi connectivity index (χ3v) is 1.76. The highest BCUT2D eigenvalue weighted by Gasteiger charge is 2.11. The Kier molecular flexibility index (Phi) is 3.86. The molecule has 0 atom stereocenters. The molecule has 0 aliphatic heterocycles. The zero-order valence-electron chi connectivity index (χ0n) is 8.15. The zero-order valence-corrected chi connectivity index (χ0v) is 8.91. The van der Waals surface area contributed by atoms with E-state index >= 15 is 0 Å². The molecule has 0 bridgehead atoms. The van der Waals surface area contributed by atoms with Gasteiger partial charge in [0, 0.05) is 5.92 Å². The number of ether oxygens (including phenoxy) is 1. The molecule has 1 rings (SSSR count). The lowest BCUT2D eigenvalue weighted by molar-refractivity contribution is -0.133. The van der Waals surface area contributed by atoms with Crippen LogP contribution in [0.25, 0.3) is 0 Å². The van der Waals surface area contributed by atoms with Gasteiger partial charge in [0.05, 0.1) is 12.7 Å². The predicted octanol–water partition coefficient (Wildman–Crippen LogP) is 0.958. The average Bonchev–Trinajstić information content (AvgIpc) is 2.26. The second-order valence-corrected chi connectivity index (χ2v) is 2.96. The van der Waals surface area contributed by atoms with Crippen molar-refractivity contribution in [1.29, 1.82) is 0 Å². The molecule has 16 heavy (non-hydrogen) atoms.